The number of benzene rings is 2. The Labute approximate surface area is 128 Å². The van der Waals surface area contributed by atoms with Crippen molar-refractivity contribution < 1.29 is 14.3 Å². The van der Waals surface area contributed by atoms with E-state index in [1.807, 2.05) is 31.2 Å². The Balaban J connectivity index is 1.70. The number of hydrogen-bond donors (Lipinski definition) is 1. The monoisotopic (exact) mass is 305 g/mol. The van der Waals surface area contributed by atoms with Crippen LogP contribution in [0.25, 0.3) is 0 Å². The summed E-state index contributed by atoms with van der Waals surface area (Å²) in [5, 5.41) is 3.14. The van der Waals surface area contributed by atoms with Crippen molar-refractivity contribution in [3.8, 4) is 5.75 Å². The minimum Gasteiger partial charge on any atom is -0.490 e. The highest BCUT2D eigenvalue weighted by Crippen LogP contribution is 2.15. The molecule has 0 unspecified atom stereocenters. The molecule has 0 aromatic heterocycles. The molecule has 1 amide bonds. The van der Waals surface area contributed by atoms with E-state index in [-0.39, 0.29) is 6.61 Å². The summed E-state index contributed by atoms with van der Waals surface area (Å²) >= 11 is 5.82. The van der Waals surface area contributed by atoms with Gasteiger partial charge in [0, 0.05) is 10.7 Å². The molecule has 0 saturated heterocycles. The summed E-state index contributed by atoms with van der Waals surface area (Å²) in [5.74, 6) is 0.758. The second kappa shape index (κ2) is 7.55. The Morgan fingerprint density at radius 3 is 2.71 bits per heavy atom. The van der Waals surface area contributed by atoms with Gasteiger partial charge in [0.25, 0.3) is 0 Å². The molecule has 0 radical (unpaired) electrons. The normalized spacial score (nSPS) is 10.0. The lowest BCUT2D eigenvalue weighted by atomic mass is 10.2. The van der Waals surface area contributed by atoms with E-state index in [9.17, 15) is 4.79 Å². The lowest BCUT2D eigenvalue weighted by molar-refractivity contribution is 0.138. The Morgan fingerprint density at radius 1 is 1.14 bits per heavy atom. The molecule has 2 aromatic rings. The molecular formula is C16H16ClNO3. The molecule has 0 aliphatic carbocycles. The highest BCUT2D eigenvalue weighted by Gasteiger charge is 2.03. The average molecular weight is 306 g/mol. The van der Waals surface area contributed by atoms with Gasteiger partial charge >= 0.3 is 6.09 Å². The first kappa shape index (κ1) is 15.2. The van der Waals surface area contributed by atoms with Gasteiger partial charge in [-0.05, 0) is 42.8 Å². The van der Waals surface area contributed by atoms with E-state index in [2.05, 4.69) is 5.32 Å². The van der Waals surface area contributed by atoms with Crippen molar-refractivity contribution in [2.75, 3.05) is 18.5 Å². The van der Waals surface area contributed by atoms with Gasteiger partial charge in [-0.15, -0.1) is 0 Å². The van der Waals surface area contributed by atoms with E-state index in [1.54, 1.807) is 24.3 Å². The number of hydrogen-bond acceptors (Lipinski definition) is 3. The largest absolute Gasteiger partial charge is 0.490 e. The Bertz CT molecular complexity index is 616. The Hall–Kier alpha value is -2.20. The summed E-state index contributed by atoms with van der Waals surface area (Å²) in [6.45, 7) is 2.45. The zero-order valence-electron chi connectivity index (χ0n) is 11.6. The molecule has 1 N–H and O–H groups in total. The first-order valence-corrected chi connectivity index (χ1v) is 6.90. The molecule has 0 fully saturated rings. The lowest BCUT2D eigenvalue weighted by Gasteiger charge is -2.09. The Morgan fingerprint density at radius 2 is 1.95 bits per heavy atom. The third kappa shape index (κ3) is 5.36. The van der Waals surface area contributed by atoms with Crippen LogP contribution in [0.5, 0.6) is 5.75 Å². The van der Waals surface area contributed by atoms with Crippen LogP contribution in [0.2, 0.25) is 5.02 Å². The fraction of sp³-hybridized carbons (Fsp3) is 0.188. The van der Waals surface area contributed by atoms with Crippen LogP contribution in [-0.4, -0.2) is 19.3 Å². The molecular weight excluding hydrogens is 290 g/mol. The van der Waals surface area contributed by atoms with Crippen LogP contribution in [0, 0.1) is 6.92 Å². The van der Waals surface area contributed by atoms with E-state index < -0.39 is 6.09 Å². The van der Waals surface area contributed by atoms with Crippen LogP contribution in [0.1, 0.15) is 5.56 Å². The second-order valence-corrected chi connectivity index (χ2v) is 4.87. The molecule has 0 bridgehead atoms. The van der Waals surface area contributed by atoms with Crippen LogP contribution < -0.4 is 10.1 Å². The summed E-state index contributed by atoms with van der Waals surface area (Å²) in [6, 6.07) is 14.5. The van der Waals surface area contributed by atoms with Crippen molar-refractivity contribution in [1.29, 1.82) is 0 Å². The topological polar surface area (TPSA) is 47.6 Å². The van der Waals surface area contributed by atoms with E-state index >= 15 is 0 Å². The van der Waals surface area contributed by atoms with Gasteiger partial charge in [0.1, 0.15) is 19.0 Å². The molecule has 0 saturated carbocycles. The maximum absolute atomic E-state index is 11.6. The third-order valence-electron chi connectivity index (χ3n) is 2.65. The van der Waals surface area contributed by atoms with Gasteiger partial charge in [-0.25, -0.2) is 4.79 Å². The zero-order valence-corrected chi connectivity index (χ0v) is 12.4. The zero-order chi connectivity index (χ0) is 15.1. The second-order valence-electron chi connectivity index (χ2n) is 4.44. The molecule has 110 valence electrons. The summed E-state index contributed by atoms with van der Waals surface area (Å²) < 4.78 is 10.5. The minimum absolute atomic E-state index is 0.167. The number of amides is 1. The van der Waals surface area contributed by atoms with E-state index in [0.29, 0.717) is 17.3 Å². The number of halogens is 1. The molecule has 4 nitrogen and oxygen atoms in total. The minimum atomic E-state index is -0.537. The quantitative estimate of drug-likeness (QED) is 0.839. The molecule has 2 rings (SSSR count). The van der Waals surface area contributed by atoms with E-state index in [1.165, 1.54) is 0 Å². The highest BCUT2D eigenvalue weighted by molar-refractivity contribution is 6.30. The highest BCUT2D eigenvalue weighted by atomic mass is 35.5. The lowest BCUT2D eigenvalue weighted by Crippen LogP contribution is -2.17. The average Bonchev–Trinajstić information content (AvgIpc) is 2.44. The third-order valence-corrected chi connectivity index (χ3v) is 2.88. The predicted octanol–water partition coefficient (Wildman–Crippen LogP) is 4.28. The molecule has 0 atom stereocenters. The van der Waals surface area contributed by atoms with Crippen molar-refractivity contribution in [2.24, 2.45) is 0 Å². The summed E-state index contributed by atoms with van der Waals surface area (Å²) in [4.78, 5) is 11.6. The van der Waals surface area contributed by atoms with E-state index in [0.717, 1.165) is 11.3 Å². The van der Waals surface area contributed by atoms with Gasteiger partial charge in [-0.1, -0.05) is 29.8 Å². The molecule has 5 heteroatoms. The van der Waals surface area contributed by atoms with Gasteiger partial charge < -0.3 is 9.47 Å². The van der Waals surface area contributed by atoms with E-state index in [4.69, 9.17) is 21.1 Å². The van der Waals surface area contributed by atoms with Crippen molar-refractivity contribution in [3.63, 3.8) is 0 Å². The number of nitrogens with one attached hydrogen (secondary N) is 1. The van der Waals surface area contributed by atoms with Crippen LogP contribution in [0.4, 0.5) is 10.5 Å². The molecule has 2 aromatic carbocycles. The van der Waals surface area contributed by atoms with Crippen molar-refractivity contribution in [1.82, 2.24) is 0 Å². The number of carbonyl (C=O) groups is 1. The van der Waals surface area contributed by atoms with Crippen molar-refractivity contribution in [2.45, 2.75) is 6.92 Å². The molecule has 0 aliphatic heterocycles. The summed E-state index contributed by atoms with van der Waals surface area (Å²) in [6.07, 6.45) is -0.537. The van der Waals surface area contributed by atoms with Gasteiger partial charge in [0.15, 0.2) is 0 Å². The SMILES string of the molecule is Cc1cccc(OCCOC(=O)Nc2cccc(Cl)c2)c1. The van der Waals surface area contributed by atoms with Crippen LogP contribution in [0.15, 0.2) is 48.5 Å². The van der Waals surface area contributed by atoms with Crippen LogP contribution in [-0.2, 0) is 4.74 Å². The number of anilines is 1. The maximum atomic E-state index is 11.6. The molecule has 0 heterocycles. The fourth-order valence-corrected chi connectivity index (χ4v) is 1.91. The van der Waals surface area contributed by atoms with Gasteiger partial charge in [-0.2, -0.15) is 0 Å². The standard InChI is InChI=1S/C16H16ClNO3/c1-12-4-2-7-15(10-12)20-8-9-21-16(19)18-14-6-3-5-13(17)11-14/h2-7,10-11H,8-9H2,1H3,(H,18,19). The van der Waals surface area contributed by atoms with Gasteiger partial charge in [0.05, 0.1) is 0 Å². The predicted molar refractivity (Wildman–Crippen MR) is 83.1 cm³/mol. The number of carbonyl (C=O) groups excluding carboxylic acids is 1. The number of ether oxygens (including phenoxy) is 2. The molecule has 0 spiro atoms. The summed E-state index contributed by atoms with van der Waals surface area (Å²) in [5.41, 5.74) is 1.71. The number of aryl methyl sites for hydroxylation is 1. The first-order chi connectivity index (χ1) is 10.1. The van der Waals surface area contributed by atoms with Crippen molar-refractivity contribution in [3.05, 3.63) is 59.1 Å². The number of rotatable bonds is 5. The first-order valence-electron chi connectivity index (χ1n) is 6.52. The van der Waals surface area contributed by atoms with Crippen LogP contribution >= 0.6 is 11.6 Å². The smallest absolute Gasteiger partial charge is 0.411 e. The fourth-order valence-electron chi connectivity index (χ4n) is 1.72. The summed E-state index contributed by atoms with van der Waals surface area (Å²) in [7, 11) is 0. The van der Waals surface area contributed by atoms with Gasteiger partial charge in [0.2, 0.25) is 0 Å². The maximum Gasteiger partial charge on any atom is 0.411 e. The van der Waals surface area contributed by atoms with Crippen LogP contribution in [0.3, 0.4) is 0 Å². The van der Waals surface area contributed by atoms with Gasteiger partial charge in [-0.3, -0.25) is 5.32 Å². The Kier molecular flexibility index (Phi) is 5.46. The molecule has 0 aliphatic rings. The van der Waals surface area contributed by atoms with Crippen molar-refractivity contribution >= 4 is 23.4 Å². The molecule has 21 heavy (non-hydrogen) atoms.